The molecule has 4 aromatic rings. The fraction of sp³-hybridized carbons (Fsp3) is 0.276. The summed E-state index contributed by atoms with van der Waals surface area (Å²) < 4.78 is 46.6. The molecule has 39 heavy (non-hydrogen) atoms. The monoisotopic (exact) mass is 538 g/mol. The summed E-state index contributed by atoms with van der Waals surface area (Å²) in [5.41, 5.74) is -0.126. The second kappa shape index (κ2) is 11.6. The molecule has 4 rings (SSSR count). The number of hydrogen-bond acceptors (Lipinski definition) is 4. The Bertz CT molecular complexity index is 1520. The first-order chi connectivity index (χ1) is 18.7. The number of aromatic nitrogens is 2. The molecule has 1 N–H and O–H groups in total. The van der Waals surface area contributed by atoms with Crippen molar-refractivity contribution < 1.29 is 22.7 Å². The molecular weight excluding hydrogens is 509 g/mol. The van der Waals surface area contributed by atoms with Gasteiger partial charge in [-0.3, -0.25) is 9.36 Å². The maximum absolute atomic E-state index is 13.8. The van der Waals surface area contributed by atoms with Crippen molar-refractivity contribution in [1.82, 2.24) is 14.5 Å². The zero-order valence-electron chi connectivity index (χ0n) is 21.8. The number of rotatable bonds is 8. The van der Waals surface area contributed by atoms with Gasteiger partial charge in [0.05, 0.1) is 34.8 Å². The SMILES string of the molecule is CCOc1ccc(-n2c(C(CC)N(CC)C(=O)Nc3cccc(C(F)(F)F)c3)nc3ccccc3c2=O)cc1. The minimum absolute atomic E-state index is 0.0125. The van der Waals surface area contributed by atoms with E-state index >= 15 is 0 Å². The minimum atomic E-state index is -4.54. The quantitative estimate of drug-likeness (QED) is 0.267. The van der Waals surface area contributed by atoms with Crippen LogP contribution in [0.1, 0.15) is 44.6 Å². The molecule has 10 heteroatoms. The normalized spacial score (nSPS) is 12.3. The molecule has 0 spiro atoms. The molecule has 0 fully saturated rings. The van der Waals surface area contributed by atoms with Crippen molar-refractivity contribution >= 4 is 22.6 Å². The van der Waals surface area contributed by atoms with E-state index in [1.165, 1.54) is 21.6 Å². The van der Waals surface area contributed by atoms with E-state index in [0.29, 0.717) is 41.2 Å². The van der Waals surface area contributed by atoms with Crippen LogP contribution in [-0.4, -0.2) is 33.6 Å². The van der Waals surface area contributed by atoms with E-state index in [-0.39, 0.29) is 17.8 Å². The van der Waals surface area contributed by atoms with E-state index in [1.54, 1.807) is 55.5 Å². The summed E-state index contributed by atoms with van der Waals surface area (Å²) in [4.78, 5) is 33.4. The standard InChI is InChI=1S/C29H29F3N4O3/c1-4-25(35(5-2)28(38)33-20-11-9-10-19(18-20)29(30,31)32)26-34-24-13-8-7-12-23(24)27(37)36(26)21-14-16-22(17-15-21)39-6-3/h7-18,25H,4-6H2,1-3H3,(H,33,38). The summed E-state index contributed by atoms with van der Waals surface area (Å²) in [6.07, 6.45) is -4.15. The van der Waals surface area contributed by atoms with Gasteiger partial charge in [-0.15, -0.1) is 0 Å². The van der Waals surface area contributed by atoms with Gasteiger partial charge in [0, 0.05) is 12.2 Å². The van der Waals surface area contributed by atoms with Gasteiger partial charge in [-0.2, -0.15) is 13.2 Å². The number of nitrogens with one attached hydrogen (secondary N) is 1. The van der Waals surface area contributed by atoms with Crippen molar-refractivity contribution in [2.75, 3.05) is 18.5 Å². The smallest absolute Gasteiger partial charge is 0.416 e. The lowest BCUT2D eigenvalue weighted by Crippen LogP contribution is -2.40. The van der Waals surface area contributed by atoms with E-state index in [9.17, 15) is 22.8 Å². The van der Waals surface area contributed by atoms with E-state index < -0.39 is 23.8 Å². The number of amides is 2. The average molecular weight is 539 g/mol. The number of halogens is 3. The van der Waals surface area contributed by atoms with E-state index in [1.807, 2.05) is 13.8 Å². The Kier molecular flexibility index (Phi) is 8.23. The Morgan fingerprint density at radius 3 is 2.38 bits per heavy atom. The first-order valence-electron chi connectivity index (χ1n) is 12.7. The topological polar surface area (TPSA) is 76.5 Å². The molecule has 1 aromatic heterocycles. The maximum Gasteiger partial charge on any atom is 0.416 e. The molecular formula is C29H29F3N4O3. The third kappa shape index (κ3) is 5.89. The molecule has 1 heterocycles. The fourth-order valence-corrected chi connectivity index (χ4v) is 4.50. The van der Waals surface area contributed by atoms with Gasteiger partial charge < -0.3 is 15.0 Å². The van der Waals surface area contributed by atoms with Crippen LogP contribution in [0.2, 0.25) is 0 Å². The molecule has 0 aliphatic rings. The summed E-state index contributed by atoms with van der Waals surface area (Å²) in [6, 6.07) is 17.1. The Hall–Kier alpha value is -4.34. The molecule has 204 valence electrons. The van der Waals surface area contributed by atoms with Crippen LogP contribution in [0.15, 0.2) is 77.6 Å². The van der Waals surface area contributed by atoms with Crippen LogP contribution >= 0.6 is 0 Å². The van der Waals surface area contributed by atoms with Gasteiger partial charge in [-0.05, 0) is 74.9 Å². The summed E-state index contributed by atoms with van der Waals surface area (Å²) in [6.45, 7) is 6.20. The lowest BCUT2D eigenvalue weighted by Gasteiger charge is -2.31. The summed E-state index contributed by atoms with van der Waals surface area (Å²) in [7, 11) is 0. The van der Waals surface area contributed by atoms with E-state index in [4.69, 9.17) is 9.72 Å². The Balaban J connectivity index is 1.79. The number of hydrogen-bond donors (Lipinski definition) is 1. The number of alkyl halides is 3. The number of carbonyl (C=O) groups excluding carboxylic acids is 1. The summed E-state index contributed by atoms with van der Waals surface area (Å²) in [5.74, 6) is 0.985. The highest BCUT2D eigenvalue weighted by molar-refractivity contribution is 5.89. The highest BCUT2D eigenvalue weighted by atomic mass is 19.4. The van der Waals surface area contributed by atoms with Crippen LogP contribution in [0, 0.1) is 0 Å². The second-order valence-electron chi connectivity index (χ2n) is 8.77. The molecule has 7 nitrogen and oxygen atoms in total. The fourth-order valence-electron chi connectivity index (χ4n) is 4.50. The van der Waals surface area contributed by atoms with Gasteiger partial charge in [-0.1, -0.05) is 25.1 Å². The number of fused-ring (bicyclic) bond motifs is 1. The number of ether oxygens (including phenoxy) is 1. The molecule has 0 bridgehead atoms. The van der Waals surface area contributed by atoms with Crippen molar-refractivity contribution in [3.05, 3.63) is 94.5 Å². The van der Waals surface area contributed by atoms with Crippen molar-refractivity contribution in [2.24, 2.45) is 0 Å². The number of anilines is 1. The second-order valence-corrected chi connectivity index (χ2v) is 8.77. The number of nitrogens with zero attached hydrogens (tertiary/aromatic N) is 3. The Morgan fingerprint density at radius 1 is 1.03 bits per heavy atom. The molecule has 1 unspecified atom stereocenters. The number of carbonyl (C=O) groups is 1. The Labute approximate surface area is 223 Å². The van der Waals surface area contributed by atoms with Gasteiger partial charge in [0.2, 0.25) is 0 Å². The van der Waals surface area contributed by atoms with Gasteiger partial charge in [0.25, 0.3) is 5.56 Å². The van der Waals surface area contributed by atoms with Crippen LogP contribution in [-0.2, 0) is 6.18 Å². The highest BCUT2D eigenvalue weighted by Gasteiger charge is 2.31. The van der Waals surface area contributed by atoms with E-state index in [2.05, 4.69) is 5.32 Å². The predicted molar refractivity (Wildman–Crippen MR) is 144 cm³/mol. The number of para-hydroxylation sites is 1. The van der Waals surface area contributed by atoms with Crippen LogP contribution in [0.25, 0.3) is 16.6 Å². The van der Waals surface area contributed by atoms with Gasteiger partial charge in [-0.25, -0.2) is 9.78 Å². The predicted octanol–water partition coefficient (Wildman–Crippen LogP) is 6.81. The zero-order valence-corrected chi connectivity index (χ0v) is 21.8. The third-order valence-corrected chi connectivity index (χ3v) is 6.31. The van der Waals surface area contributed by atoms with E-state index in [0.717, 1.165) is 12.1 Å². The zero-order chi connectivity index (χ0) is 28.2. The maximum atomic E-state index is 13.8. The molecule has 2 amide bonds. The lowest BCUT2D eigenvalue weighted by molar-refractivity contribution is -0.137. The lowest BCUT2D eigenvalue weighted by atomic mass is 10.1. The first kappa shape index (κ1) is 27.7. The summed E-state index contributed by atoms with van der Waals surface area (Å²) >= 11 is 0. The van der Waals surface area contributed by atoms with Gasteiger partial charge >= 0.3 is 12.2 Å². The van der Waals surface area contributed by atoms with Crippen LogP contribution in [0.3, 0.4) is 0 Å². The molecule has 0 radical (unpaired) electrons. The number of urea groups is 1. The molecule has 0 saturated heterocycles. The number of benzene rings is 3. The van der Waals surface area contributed by atoms with Crippen molar-refractivity contribution in [3.63, 3.8) is 0 Å². The first-order valence-corrected chi connectivity index (χ1v) is 12.7. The summed E-state index contributed by atoms with van der Waals surface area (Å²) in [5, 5.41) is 3.00. The Morgan fingerprint density at radius 2 is 1.74 bits per heavy atom. The van der Waals surface area contributed by atoms with Crippen molar-refractivity contribution in [1.29, 1.82) is 0 Å². The largest absolute Gasteiger partial charge is 0.494 e. The minimum Gasteiger partial charge on any atom is -0.494 e. The van der Waals surface area contributed by atoms with Crippen molar-refractivity contribution in [3.8, 4) is 11.4 Å². The highest BCUT2D eigenvalue weighted by Crippen LogP contribution is 2.31. The molecule has 0 aliphatic carbocycles. The average Bonchev–Trinajstić information content (AvgIpc) is 2.92. The molecule has 3 aromatic carbocycles. The van der Waals surface area contributed by atoms with Gasteiger partial charge in [0.15, 0.2) is 0 Å². The van der Waals surface area contributed by atoms with Gasteiger partial charge in [0.1, 0.15) is 11.6 Å². The molecule has 0 saturated carbocycles. The van der Waals surface area contributed by atoms with Crippen LogP contribution in [0.5, 0.6) is 5.75 Å². The third-order valence-electron chi connectivity index (χ3n) is 6.31. The van der Waals surface area contributed by atoms with Crippen LogP contribution < -0.4 is 15.6 Å². The molecule has 0 aliphatic heterocycles. The van der Waals surface area contributed by atoms with Crippen LogP contribution in [0.4, 0.5) is 23.7 Å². The van der Waals surface area contributed by atoms with Crippen molar-refractivity contribution in [2.45, 2.75) is 39.4 Å². The molecule has 1 atom stereocenters.